The second-order valence-corrected chi connectivity index (χ2v) is 9.08. The van der Waals surface area contributed by atoms with Crippen LogP contribution in [0.5, 0.6) is 0 Å². The first-order valence-electron chi connectivity index (χ1n) is 11.4. The minimum Gasteiger partial charge on any atom is -0.368 e. The summed E-state index contributed by atoms with van der Waals surface area (Å²) in [6.45, 7) is 12.0. The zero-order valence-corrected chi connectivity index (χ0v) is 19.6. The van der Waals surface area contributed by atoms with Gasteiger partial charge in [-0.05, 0) is 69.2 Å². The number of hydrogen-bond donors (Lipinski definition) is 1. The van der Waals surface area contributed by atoms with E-state index in [1.54, 1.807) is 6.92 Å². The first kappa shape index (κ1) is 23.3. The number of rotatable bonds is 5. The summed E-state index contributed by atoms with van der Waals surface area (Å²) in [7, 11) is 0. The maximum Gasteiger partial charge on any atom is 0.159 e. The molecule has 0 spiro atoms. The third-order valence-corrected chi connectivity index (χ3v) is 6.58. The van der Waals surface area contributed by atoms with Crippen molar-refractivity contribution in [2.45, 2.75) is 39.3 Å². The molecule has 174 valence electrons. The van der Waals surface area contributed by atoms with Crippen LogP contribution in [-0.2, 0) is 5.54 Å². The Morgan fingerprint density at radius 1 is 1.03 bits per heavy atom. The number of hydrogen-bond acceptors (Lipinski definition) is 5. The van der Waals surface area contributed by atoms with Crippen LogP contribution in [0, 0.1) is 11.6 Å². The Bertz CT molecular complexity index is 1180. The molecule has 5 nitrogen and oxygen atoms in total. The number of allylic oxidation sites excluding steroid dienone is 1. The summed E-state index contributed by atoms with van der Waals surface area (Å²) in [5, 5.41) is 0. The highest BCUT2D eigenvalue weighted by Gasteiger charge is 2.29. The number of anilines is 1. The molecule has 3 heterocycles. The number of nitrogens with two attached hydrogens (primary N) is 1. The Morgan fingerprint density at radius 3 is 2.39 bits per heavy atom. The van der Waals surface area contributed by atoms with Crippen molar-refractivity contribution in [2.75, 3.05) is 31.1 Å². The highest BCUT2D eigenvalue weighted by molar-refractivity contribution is 5.82. The van der Waals surface area contributed by atoms with Gasteiger partial charge in [0, 0.05) is 32.2 Å². The van der Waals surface area contributed by atoms with Crippen LogP contribution in [0.2, 0.25) is 0 Å². The van der Waals surface area contributed by atoms with E-state index in [-0.39, 0.29) is 0 Å². The van der Waals surface area contributed by atoms with Gasteiger partial charge >= 0.3 is 0 Å². The van der Waals surface area contributed by atoms with E-state index in [1.165, 1.54) is 6.07 Å². The van der Waals surface area contributed by atoms with Gasteiger partial charge in [-0.3, -0.25) is 9.88 Å². The van der Waals surface area contributed by atoms with Gasteiger partial charge in [-0.2, -0.15) is 0 Å². The predicted octanol–water partition coefficient (Wildman–Crippen LogP) is 4.72. The third-order valence-electron chi connectivity index (χ3n) is 6.58. The lowest BCUT2D eigenvalue weighted by Crippen LogP contribution is -2.48. The van der Waals surface area contributed by atoms with Crippen molar-refractivity contribution in [3.05, 3.63) is 71.6 Å². The van der Waals surface area contributed by atoms with Crippen molar-refractivity contribution in [3.63, 3.8) is 0 Å². The zero-order chi connectivity index (χ0) is 23.8. The standard InChI is InChI=1S/C26H31F2N5/c1-5-20(26(4,29)18-6-7-21(27)22(28)14-18)23-8-9-24-25(31-23)15-19(16-30-24)33-12-10-32(11-13-33)17(2)3/h5-9,14-17H,10-13,29H2,1-4H3/b20-5-. The van der Waals surface area contributed by atoms with Gasteiger partial charge in [-0.1, -0.05) is 12.1 Å². The van der Waals surface area contributed by atoms with Crippen molar-refractivity contribution in [1.29, 1.82) is 0 Å². The minimum atomic E-state index is -1.05. The van der Waals surface area contributed by atoms with Gasteiger partial charge in [0.25, 0.3) is 0 Å². The average molecular weight is 452 g/mol. The predicted molar refractivity (Wildman–Crippen MR) is 130 cm³/mol. The number of nitrogens with zero attached hydrogens (tertiary/aromatic N) is 4. The topological polar surface area (TPSA) is 58.3 Å². The molecule has 1 atom stereocenters. The zero-order valence-electron chi connectivity index (χ0n) is 19.6. The largest absolute Gasteiger partial charge is 0.368 e. The van der Waals surface area contributed by atoms with Crippen molar-refractivity contribution in [2.24, 2.45) is 5.73 Å². The quantitative estimate of drug-likeness (QED) is 0.609. The molecule has 1 aliphatic heterocycles. The van der Waals surface area contributed by atoms with Crippen LogP contribution in [0.4, 0.5) is 14.5 Å². The molecule has 0 radical (unpaired) electrons. The lowest BCUT2D eigenvalue weighted by Gasteiger charge is -2.38. The monoisotopic (exact) mass is 451 g/mol. The third kappa shape index (κ3) is 4.61. The van der Waals surface area contributed by atoms with Crippen molar-refractivity contribution >= 4 is 22.3 Å². The van der Waals surface area contributed by atoms with E-state index in [0.717, 1.165) is 60.6 Å². The van der Waals surface area contributed by atoms with Gasteiger partial charge in [0.15, 0.2) is 11.6 Å². The SMILES string of the molecule is C/C=C(/c1ccc2ncc(N3CCN(C(C)C)CC3)cc2n1)C(C)(N)c1ccc(F)c(F)c1. The molecule has 1 aromatic carbocycles. The van der Waals surface area contributed by atoms with E-state index < -0.39 is 17.2 Å². The Hall–Kier alpha value is -2.90. The van der Waals surface area contributed by atoms with Crippen LogP contribution in [0.1, 0.15) is 39.0 Å². The van der Waals surface area contributed by atoms with E-state index in [0.29, 0.717) is 17.3 Å². The molecule has 1 unspecified atom stereocenters. The molecule has 1 fully saturated rings. The fourth-order valence-electron chi connectivity index (χ4n) is 4.50. The second-order valence-electron chi connectivity index (χ2n) is 9.08. The molecule has 1 aliphatic rings. The Kier molecular flexibility index (Phi) is 6.45. The molecular formula is C26H31F2N5. The molecule has 2 aromatic heterocycles. The van der Waals surface area contributed by atoms with E-state index in [1.807, 2.05) is 31.3 Å². The molecule has 0 saturated carbocycles. The first-order valence-corrected chi connectivity index (χ1v) is 11.4. The van der Waals surface area contributed by atoms with Gasteiger partial charge in [0.2, 0.25) is 0 Å². The summed E-state index contributed by atoms with van der Waals surface area (Å²) in [6.07, 6.45) is 3.78. The number of benzene rings is 1. The molecule has 7 heteroatoms. The summed E-state index contributed by atoms with van der Waals surface area (Å²) in [5.74, 6) is -1.81. The van der Waals surface area contributed by atoms with Crippen molar-refractivity contribution in [3.8, 4) is 0 Å². The van der Waals surface area contributed by atoms with Crippen LogP contribution in [0.15, 0.2) is 48.7 Å². The molecule has 33 heavy (non-hydrogen) atoms. The molecule has 0 amide bonds. The molecule has 0 aliphatic carbocycles. The van der Waals surface area contributed by atoms with E-state index in [4.69, 9.17) is 10.7 Å². The lowest BCUT2D eigenvalue weighted by atomic mass is 9.83. The highest BCUT2D eigenvalue weighted by Crippen LogP contribution is 2.34. The van der Waals surface area contributed by atoms with Gasteiger partial charge in [0.1, 0.15) is 0 Å². The van der Waals surface area contributed by atoms with Gasteiger partial charge < -0.3 is 10.6 Å². The lowest BCUT2D eigenvalue weighted by molar-refractivity contribution is 0.209. The number of pyridine rings is 2. The average Bonchev–Trinajstić information content (AvgIpc) is 2.80. The first-order chi connectivity index (χ1) is 15.7. The fraction of sp³-hybridized carbons (Fsp3) is 0.385. The van der Waals surface area contributed by atoms with Crippen LogP contribution >= 0.6 is 0 Å². The summed E-state index contributed by atoms with van der Waals surface area (Å²) in [4.78, 5) is 14.3. The Balaban J connectivity index is 1.65. The van der Waals surface area contributed by atoms with Crippen LogP contribution in [0.25, 0.3) is 16.6 Å². The fourth-order valence-corrected chi connectivity index (χ4v) is 4.50. The van der Waals surface area contributed by atoms with Gasteiger partial charge in [-0.25, -0.2) is 13.8 Å². The highest BCUT2D eigenvalue weighted by atomic mass is 19.2. The molecule has 1 saturated heterocycles. The molecule has 2 N–H and O–H groups in total. The van der Waals surface area contributed by atoms with Crippen molar-refractivity contribution < 1.29 is 8.78 Å². The summed E-state index contributed by atoms with van der Waals surface area (Å²) < 4.78 is 27.4. The molecule has 0 bridgehead atoms. The van der Waals surface area contributed by atoms with E-state index >= 15 is 0 Å². The Morgan fingerprint density at radius 2 is 1.76 bits per heavy atom. The maximum atomic E-state index is 13.9. The Labute approximate surface area is 193 Å². The van der Waals surface area contributed by atoms with E-state index in [9.17, 15) is 8.78 Å². The maximum absolute atomic E-state index is 13.9. The van der Waals surface area contributed by atoms with Crippen LogP contribution in [0.3, 0.4) is 0 Å². The van der Waals surface area contributed by atoms with Gasteiger partial charge in [0.05, 0.1) is 34.2 Å². The van der Waals surface area contributed by atoms with Gasteiger partial charge in [-0.15, -0.1) is 0 Å². The minimum absolute atomic E-state index is 0.478. The number of piperazine rings is 1. The van der Waals surface area contributed by atoms with Crippen molar-refractivity contribution in [1.82, 2.24) is 14.9 Å². The molecular weight excluding hydrogens is 420 g/mol. The normalized spacial score (nSPS) is 17.6. The number of aromatic nitrogens is 2. The molecule has 4 rings (SSSR count). The smallest absolute Gasteiger partial charge is 0.159 e. The summed E-state index contributed by atoms with van der Waals surface area (Å²) in [5.41, 5.74) is 10.1. The summed E-state index contributed by atoms with van der Waals surface area (Å²) in [6, 6.07) is 10.2. The van der Waals surface area contributed by atoms with E-state index in [2.05, 4.69) is 34.7 Å². The summed E-state index contributed by atoms with van der Waals surface area (Å²) >= 11 is 0. The number of halogens is 2. The number of fused-ring (bicyclic) bond motifs is 1. The second kappa shape index (κ2) is 9.15. The van der Waals surface area contributed by atoms with Crippen LogP contribution in [-0.4, -0.2) is 47.1 Å². The van der Waals surface area contributed by atoms with Crippen LogP contribution < -0.4 is 10.6 Å². The molecule has 3 aromatic rings.